The number of benzene rings is 1. The normalized spacial score (nSPS) is 19.2. The molecule has 0 amide bonds. The van der Waals surface area contributed by atoms with Gasteiger partial charge in [0.15, 0.2) is 0 Å². The van der Waals surface area contributed by atoms with Crippen LogP contribution < -0.4 is 10.1 Å². The largest absolute Gasteiger partial charge is 0.493 e. The summed E-state index contributed by atoms with van der Waals surface area (Å²) in [4.78, 5) is 1.39. The SMILES string of the molecule is CNC(CC1CCOc2ccccc21)c1ccc(Br)s1. The van der Waals surface area contributed by atoms with Gasteiger partial charge in [0.2, 0.25) is 0 Å². The van der Waals surface area contributed by atoms with Crippen LogP contribution in [0.3, 0.4) is 0 Å². The molecule has 2 aromatic rings. The number of hydrogen-bond donors (Lipinski definition) is 1. The fourth-order valence-electron chi connectivity index (χ4n) is 2.84. The molecule has 0 radical (unpaired) electrons. The molecule has 1 aliphatic rings. The van der Waals surface area contributed by atoms with Gasteiger partial charge in [0, 0.05) is 10.9 Å². The second-order valence-electron chi connectivity index (χ2n) is 5.09. The zero-order valence-corrected chi connectivity index (χ0v) is 13.8. The summed E-state index contributed by atoms with van der Waals surface area (Å²) in [5.74, 6) is 1.63. The second kappa shape index (κ2) is 6.29. The molecular formula is C16H18BrNOS. The van der Waals surface area contributed by atoms with Gasteiger partial charge in [-0.05, 0) is 65.5 Å². The number of halogens is 1. The highest BCUT2D eigenvalue weighted by Gasteiger charge is 2.25. The van der Waals surface area contributed by atoms with Crippen molar-refractivity contribution in [3.63, 3.8) is 0 Å². The highest BCUT2D eigenvalue weighted by atomic mass is 79.9. The van der Waals surface area contributed by atoms with Crippen molar-refractivity contribution in [2.45, 2.75) is 24.8 Å². The molecule has 2 heterocycles. The molecule has 4 heteroatoms. The fraction of sp³-hybridized carbons (Fsp3) is 0.375. The van der Waals surface area contributed by atoms with Crippen molar-refractivity contribution in [1.29, 1.82) is 0 Å². The molecule has 2 nitrogen and oxygen atoms in total. The molecule has 0 bridgehead atoms. The minimum Gasteiger partial charge on any atom is -0.493 e. The van der Waals surface area contributed by atoms with E-state index in [9.17, 15) is 0 Å². The van der Waals surface area contributed by atoms with E-state index in [0.29, 0.717) is 12.0 Å². The molecule has 1 aromatic heterocycles. The second-order valence-corrected chi connectivity index (χ2v) is 7.59. The quantitative estimate of drug-likeness (QED) is 0.859. The maximum Gasteiger partial charge on any atom is 0.122 e. The molecule has 0 fully saturated rings. The number of thiophene rings is 1. The molecule has 0 saturated heterocycles. The van der Waals surface area contributed by atoms with Crippen molar-refractivity contribution < 1.29 is 4.74 Å². The smallest absolute Gasteiger partial charge is 0.122 e. The van der Waals surface area contributed by atoms with E-state index < -0.39 is 0 Å². The Balaban J connectivity index is 1.80. The van der Waals surface area contributed by atoms with Crippen molar-refractivity contribution >= 4 is 27.3 Å². The van der Waals surface area contributed by atoms with E-state index in [-0.39, 0.29) is 0 Å². The average Bonchev–Trinajstić information content (AvgIpc) is 2.91. The molecule has 0 saturated carbocycles. The van der Waals surface area contributed by atoms with Crippen LogP contribution in [0.5, 0.6) is 5.75 Å². The van der Waals surface area contributed by atoms with E-state index in [0.717, 1.165) is 25.2 Å². The van der Waals surface area contributed by atoms with Gasteiger partial charge in [-0.25, -0.2) is 0 Å². The molecule has 106 valence electrons. The molecule has 2 unspecified atom stereocenters. The number of hydrogen-bond acceptors (Lipinski definition) is 3. The van der Waals surface area contributed by atoms with E-state index >= 15 is 0 Å². The van der Waals surface area contributed by atoms with Crippen LogP contribution in [-0.2, 0) is 0 Å². The molecular weight excluding hydrogens is 334 g/mol. The number of nitrogens with one attached hydrogen (secondary N) is 1. The van der Waals surface area contributed by atoms with Gasteiger partial charge in [-0.15, -0.1) is 11.3 Å². The highest BCUT2D eigenvalue weighted by molar-refractivity contribution is 9.11. The Morgan fingerprint density at radius 1 is 1.35 bits per heavy atom. The van der Waals surface area contributed by atoms with Crippen molar-refractivity contribution in [1.82, 2.24) is 5.32 Å². The third kappa shape index (κ3) is 2.92. The Kier molecular flexibility index (Phi) is 4.44. The molecule has 3 rings (SSSR count). The summed E-state index contributed by atoms with van der Waals surface area (Å²) >= 11 is 5.36. The zero-order valence-electron chi connectivity index (χ0n) is 11.4. The standard InChI is InChI=1S/C16H18BrNOS/c1-18-13(15-6-7-16(17)20-15)10-11-8-9-19-14-5-3-2-4-12(11)14/h2-7,11,13,18H,8-10H2,1H3. The minimum absolute atomic E-state index is 0.405. The molecule has 20 heavy (non-hydrogen) atoms. The summed E-state index contributed by atoms with van der Waals surface area (Å²) in [5.41, 5.74) is 1.36. The summed E-state index contributed by atoms with van der Waals surface area (Å²) in [6.45, 7) is 0.826. The van der Waals surface area contributed by atoms with Crippen LogP contribution in [0.25, 0.3) is 0 Å². The van der Waals surface area contributed by atoms with Crippen LogP contribution in [0.15, 0.2) is 40.2 Å². The molecule has 2 atom stereocenters. The Bertz CT molecular complexity index is 583. The fourth-order valence-corrected chi connectivity index (χ4v) is 4.38. The van der Waals surface area contributed by atoms with Gasteiger partial charge in [-0.1, -0.05) is 18.2 Å². The highest BCUT2D eigenvalue weighted by Crippen LogP contribution is 2.40. The van der Waals surface area contributed by atoms with E-state index in [1.807, 2.05) is 24.5 Å². The summed E-state index contributed by atoms with van der Waals surface area (Å²) in [6, 6.07) is 13.2. The van der Waals surface area contributed by atoms with Crippen LogP contribution in [0.1, 0.15) is 35.2 Å². The Hall–Kier alpha value is -0.840. The van der Waals surface area contributed by atoms with Gasteiger partial charge in [-0.2, -0.15) is 0 Å². The van der Waals surface area contributed by atoms with Crippen LogP contribution in [0.4, 0.5) is 0 Å². The van der Waals surface area contributed by atoms with Crippen LogP contribution in [-0.4, -0.2) is 13.7 Å². The lowest BCUT2D eigenvalue weighted by atomic mass is 9.87. The minimum atomic E-state index is 0.405. The summed E-state index contributed by atoms with van der Waals surface area (Å²) in [6.07, 6.45) is 2.21. The molecule has 0 aliphatic carbocycles. The van der Waals surface area contributed by atoms with Crippen molar-refractivity contribution in [2.24, 2.45) is 0 Å². The van der Waals surface area contributed by atoms with Crippen LogP contribution in [0, 0.1) is 0 Å². The van der Waals surface area contributed by atoms with Gasteiger partial charge in [0.05, 0.1) is 10.4 Å². The maximum atomic E-state index is 5.75. The monoisotopic (exact) mass is 351 g/mol. The lowest BCUT2D eigenvalue weighted by molar-refractivity contribution is 0.256. The van der Waals surface area contributed by atoms with E-state index in [2.05, 4.69) is 51.6 Å². The van der Waals surface area contributed by atoms with Crippen LogP contribution >= 0.6 is 27.3 Å². The van der Waals surface area contributed by atoms with Gasteiger partial charge >= 0.3 is 0 Å². The number of rotatable bonds is 4. The van der Waals surface area contributed by atoms with Crippen molar-refractivity contribution in [2.75, 3.05) is 13.7 Å². The molecule has 0 spiro atoms. The number of para-hydroxylation sites is 1. The van der Waals surface area contributed by atoms with Crippen LogP contribution in [0.2, 0.25) is 0 Å². The molecule has 1 N–H and O–H groups in total. The Morgan fingerprint density at radius 2 is 2.20 bits per heavy atom. The first-order valence-corrected chi connectivity index (χ1v) is 8.53. The topological polar surface area (TPSA) is 21.3 Å². The van der Waals surface area contributed by atoms with Crippen molar-refractivity contribution in [3.8, 4) is 5.75 Å². The Labute approximate surface area is 132 Å². The first-order valence-electron chi connectivity index (χ1n) is 6.92. The number of fused-ring (bicyclic) bond motifs is 1. The lowest BCUT2D eigenvalue weighted by Gasteiger charge is -2.28. The van der Waals surface area contributed by atoms with Gasteiger partial charge < -0.3 is 10.1 Å². The van der Waals surface area contributed by atoms with E-state index in [4.69, 9.17) is 4.74 Å². The summed E-state index contributed by atoms with van der Waals surface area (Å²) in [5, 5.41) is 3.46. The van der Waals surface area contributed by atoms with E-state index in [1.165, 1.54) is 14.2 Å². The third-order valence-electron chi connectivity index (χ3n) is 3.89. The van der Waals surface area contributed by atoms with Crippen molar-refractivity contribution in [3.05, 3.63) is 50.6 Å². The summed E-state index contributed by atoms with van der Waals surface area (Å²) in [7, 11) is 2.05. The maximum absolute atomic E-state index is 5.75. The predicted octanol–water partition coefficient (Wildman–Crippen LogP) is 4.73. The first kappa shape index (κ1) is 14.1. The van der Waals surface area contributed by atoms with E-state index in [1.54, 1.807) is 0 Å². The number of ether oxygens (including phenoxy) is 1. The zero-order chi connectivity index (χ0) is 13.9. The third-order valence-corrected chi connectivity index (χ3v) is 5.63. The average molecular weight is 352 g/mol. The van der Waals surface area contributed by atoms with Gasteiger partial charge in [-0.3, -0.25) is 0 Å². The molecule has 1 aliphatic heterocycles. The Morgan fingerprint density at radius 3 is 2.95 bits per heavy atom. The first-order chi connectivity index (χ1) is 9.78. The van der Waals surface area contributed by atoms with Gasteiger partial charge in [0.25, 0.3) is 0 Å². The van der Waals surface area contributed by atoms with Gasteiger partial charge in [0.1, 0.15) is 5.75 Å². The predicted molar refractivity (Wildman–Crippen MR) is 87.7 cm³/mol. The lowest BCUT2D eigenvalue weighted by Crippen LogP contribution is -2.22. The summed E-state index contributed by atoms with van der Waals surface area (Å²) < 4.78 is 6.95. The molecule has 1 aromatic carbocycles.